The molecule has 4 nitrogen and oxygen atoms in total. The van der Waals surface area contributed by atoms with Crippen molar-refractivity contribution in [2.24, 2.45) is 0 Å². The van der Waals surface area contributed by atoms with E-state index in [0.717, 1.165) is 0 Å². The van der Waals surface area contributed by atoms with E-state index in [1.54, 1.807) is 19.1 Å². The molecule has 1 N–H and O–H groups in total. The molecule has 0 spiro atoms. The molecule has 1 amide bonds. The predicted molar refractivity (Wildman–Crippen MR) is 53.6 cm³/mol. The second kappa shape index (κ2) is 5.34. The molecule has 4 heteroatoms. The normalized spacial score (nSPS) is 10.6. The highest BCUT2D eigenvalue weighted by molar-refractivity contribution is 6.28. The molecule has 0 aromatic heterocycles. The Balaban J connectivity index is 4.99. The molecule has 0 aliphatic heterocycles. The molecule has 0 fully saturated rings. The van der Waals surface area contributed by atoms with Crippen LogP contribution in [0.5, 0.6) is 0 Å². The van der Waals surface area contributed by atoms with Crippen LogP contribution < -0.4 is 0 Å². The predicted octanol–water partition coefficient (Wildman–Crippen LogP) is 0.806. The third-order valence-electron chi connectivity index (χ3n) is 2.18. The first-order valence-corrected chi connectivity index (χ1v) is 4.39. The van der Waals surface area contributed by atoms with Crippen molar-refractivity contribution in [1.82, 2.24) is 0 Å². The molecule has 14 heavy (non-hydrogen) atoms. The standard InChI is InChI=1S/C10H15NO3/c1-4-7-11(6-3,8-5-2)9(12)10(13)14/h4-5H,1-2,6-8H2,3H3/p+1. The maximum Gasteiger partial charge on any atom is 0.434 e. The van der Waals surface area contributed by atoms with Gasteiger partial charge in [-0.05, 0) is 19.1 Å². The third-order valence-corrected chi connectivity index (χ3v) is 2.18. The summed E-state index contributed by atoms with van der Waals surface area (Å²) in [5.41, 5.74) is 0. The van der Waals surface area contributed by atoms with Crippen LogP contribution >= 0.6 is 0 Å². The van der Waals surface area contributed by atoms with Gasteiger partial charge in [0.1, 0.15) is 13.1 Å². The van der Waals surface area contributed by atoms with Crippen LogP contribution in [0.15, 0.2) is 25.3 Å². The van der Waals surface area contributed by atoms with Crippen molar-refractivity contribution in [3.63, 3.8) is 0 Å². The number of hydrogen-bond acceptors (Lipinski definition) is 2. The maximum absolute atomic E-state index is 11.5. The van der Waals surface area contributed by atoms with E-state index in [2.05, 4.69) is 13.2 Å². The van der Waals surface area contributed by atoms with Gasteiger partial charge >= 0.3 is 11.9 Å². The lowest BCUT2D eigenvalue weighted by Crippen LogP contribution is -2.55. The number of carbonyl (C=O) groups is 2. The van der Waals surface area contributed by atoms with Crippen LogP contribution in [0, 0.1) is 0 Å². The van der Waals surface area contributed by atoms with E-state index < -0.39 is 11.9 Å². The van der Waals surface area contributed by atoms with E-state index in [9.17, 15) is 9.59 Å². The number of rotatable bonds is 5. The fraction of sp³-hybridized carbons (Fsp3) is 0.400. The average molecular weight is 198 g/mol. The van der Waals surface area contributed by atoms with E-state index >= 15 is 0 Å². The van der Waals surface area contributed by atoms with Gasteiger partial charge in [0.15, 0.2) is 0 Å². The lowest BCUT2D eigenvalue weighted by atomic mass is 10.3. The van der Waals surface area contributed by atoms with Gasteiger partial charge in [-0.1, -0.05) is 13.2 Å². The van der Waals surface area contributed by atoms with Crippen molar-refractivity contribution in [2.75, 3.05) is 19.6 Å². The number of likely N-dealkylation sites (N-methyl/N-ethyl adjacent to an activating group) is 1. The van der Waals surface area contributed by atoms with Gasteiger partial charge in [0, 0.05) is 0 Å². The molecule has 0 saturated carbocycles. The van der Waals surface area contributed by atoms with E-state index in [1.165, 1.54) is 0 Å². The van der Waals surface area contributed by atoms with Crippen LogP contribution in [0.3, 0.4) is 0 Å². The quantitative estimate of drug-likeness (QED) is 0.404. The number of carboxylic acid groups (broad SMARTS) is 1. The molecular formula is C10H16NO3+. The zero-order valence-corrected chi connectivity index (χ0v) is 8.40. The monoisotopic (exact) mass is 198 g/mol. The highest BCUT2D eigenvalue weighted by Gasteiger charge is 2.37. The van der Waals surface area contributed by atoms with Crippen molar-refractivity contribution in [1.29, 1.82) is 0 Å². The van der Waals surface area contributed by atoms with Crippen LogP contribution in [-0.2, 0) is 9.59 Å². The van der Waals surface area contributed by atoms with E-state index in [1.807, 2.05) is 0 Å². The first-order valence-electron chi connectivity index (χ1n) is 4.39. The summed E-state index contributed by atoms with van der Waals surface area (Å²) in [6.07, 6.45) is 3.10. The Kier molecular flexibility index (Phi) is 4.80. The largest absolute Gasteiger partial charge is 0.471 e. The van der Waals surface area contributed by atoms with Crippen molar-refractivity contribution in [3.05, 3.63) is 25.3 Å². The van der Waals surface area contributed by atoms with E-state index in [0.29, 0.717) is 19.6 Å². The Morgan fingerprint density at radius 3 is 1.93 bits per heavy atom. The van der Waals surface area contributed by atoms with Crippen LogP contribution in [-0.4, -0.2) is 41.1 Å². The van der Waals surface area contributed by atoms with Gasteiger partial charge in [0.05, 0.1) is 6.54 Å². The lowest BCUT2D eigenvalue weighted by molar-refractivity contribution is -0.837. The molecule has 0 saturated heterocycles. The highest BCUT2D eigenvalue weighted by Crippen LogP contribution is 2.08. The van der Waals surface area contributed by atoms with Gasteiger partial charge in [-0.2, -0.15) is 0 Å². The zero-order chi connectivity index (χ0) is 11.2. The fourth-order valence-corrected chi connectivity index (χ4v) is 1.34. The topological polar surface area (TPSA) is 54.4 Å². The molecule has 0 atom stereocenters. The number of nitrogens with zero attached hydrogens (tertiary/aromatic N) is 1. The number of hydrogen-bond donors (Lipinski definition) is 1. The Hall–Kier alpha value is -1.42. The summed E-state index contributed by atoms with van der Waals surface area (Å²) in [5, 5.41) is 8.67. The highest BCUT2D eigenvalue weighted by atomic mass is 16.4. The minimum Gasteiger partial charge on any atom is -0.471 e. The van der Waals surface area contributed by atoms with Crippen LogP contribution in [0.1, 0.15) is 6.92 Å². The molecule has 0 rings (SSSR count). The van der Waals surface area contributed by atoms with E-state index in [-0.39, 0.29) is 4.48 Å². The molecule has 0 aliphatic rings. The Labute approximate surface area is 83.7 Å². The number of carbonyl (C=O) groups excluding carboxylic acids is 1. The van der Waals surface area contributed by atoms with Gasteiger partial charge in [-0.25, -0.2) is 14.1 Å². The van der Waals surface area contributed by atoms with Crippen LogP contribution in [0.4, 0.5) is 0 Å². The summed E-state index contributed by atoms with van der Waals surface area (Å²) in [6.45, 7) is 9.86. The third kappa shape index (κ3) is 2.53. The van der Waals surface area contributed by atoms with Crippen molar-refractivity contribution in [3.8, 4) is 0 Å². The molecule has 78 valence electrons. The molecule has 0 aromatic rings. The first-order chi connectivity index (χ1) is 6.54. The summed E-state index contributed by atoms with van der Waals surface area (Å²) in [4.78, 5) is 22.1. The molecule has 0 heterocycles. The van der Waals surface area contributed by atoms with Gasteiger partial charge in [-0.15, -0.1) is 0 Å². The summed E-state index contributed by atoms with van der Waals surface area (Å²) < 4.78 is -0.150. The first kappa shape index (κ1) is 12.6. The van der Waals surface area contributed by atoms with Crippen molar-refractivity contribution in [2.45, 2.75) is 6.92 Å². The lowest BCUT2D eigenvalue weighted by Gasteiger charge is -2.30. The second-order valence-corrected chi connectivity index (χ2v) is 3.01. The van der Waals surface area contributed by atoms with E-state index in [4.69, 9.17) is 5.11 Å². The van der Waals surface area contributed by atoms with Crippen molar-refractivity contribution >= 4 is 11.9 Å². The molecule has 0 bridgehead atoms. The number of carboxylic acids is 1. The molecule has 0 radical (unpaired) electrons. The Morgan fingerprint density at radius 1 is 1.29 bits per heavy atom. The maximum atomic E-state index is 11.5. The minimum atomic E-state index is -1.41. The smallest absolute Gasteiger partial charge is 0.434 e. The minimum absolute atomic E-state index is 0.150. The van der Waals surface area contributed by atoms with Gasteiger partial charge in [-0.3, -0.25) is 0 Å². The fourth-order valence-electron chi connectivity index (χ4n) is 1.34. The van der Waals surface area contributed by atoms with Gasteiger partial charge in [0.25, 0.3) is 0 Å². The Morgan fingerprint density at radius 2 is 1.71 bits per heavy atom. The molecule has 0 aromatic carbocycles. The van der Waals surface area contributed by atoms with Gasteiger partial charge in [0.2, 0.25) is 0 Å². The molecular weight excluding hydrogens is 182 g/mol. The average Bonchev–Trinajstić information content (AvgIpc) is 2.16. The number of aliphatic carboxylic acids is 1. The summed E-state index contributed by atoms with van der Waals surface area (Å²) in [7, 11) is 0. The van der Waals surface area contributed by atoms with Gasteiger partial charge < -0.3 is 5.11 Å². The SMILES string of the molecule is C=CC[N+](CC)(CC=C)C(=O)C(=O)O. The summed E-state index contributed by atoms with van der Waals surface area (Å²) in [6, 6.07) is 0. The van der Waals surface area contributed by atoms with Crippen LogP contribution in [0.25, 0.3) is 0 Å². The molecule has 0 unspecified atom stereocenters. The zero-order valence-electron chi connectivity index (χ0n) is 8.40. The number of quaternary nitrogens is 1. The second-order valence-electron chi connectivity index (χ2n) is 3.01. The summed E-state index contributed by atoms with van der Waals surface area (Å²) in [5.74, 6) is -2.22. The number of amides is 1. The van der Waals surface area contributed by atoms with Crippen molar-refractivity contribution < 1.29 is 19.2 Å². The Bertz CT molecular complexity index is 248. The summed E-state index contributed by atoms with van der Waals surface area (Å²) >= 11 is 0. The molecule has 0 aliphatic carbocycles. The van der Waals surface area contributed by atoms with Crippen LogP contribution in [0.2, 0.25) is 0 Å².